The average Bonchev–Trinajstić information content (AvgIpc) is 3.47. The van der Waals surface area contributed by atoms with Gasteiger partial charge >= 0.3 is 0 Å². The first kappa shape index (κ1) is 20.1. The quantitative estimate of drug-likeness (QED) is 0.696. The average molecular weight is 383 g/mol. The summed E-state index contributed by atoms with van der Waals surface area (Å²) in [6.07, 6.45) is 11.3. The number of aliphatic hydroxyl groups excluding tert-OH is 1. The maximum Gasteiger partial charge on any atom is 0.0586 e. The molecule has 1 aliphatic heterocycles. The van der Waals surface area contributed by atoms with Crippen LogP contribution >= 0.6 is 0 Å². The van der Waals surface area contributed by atoms with Gasteiger partial charge in [-0.25, -0.2) is 0 Å². The van der Waals surface area contributed by atoms with E-state index < -0.39 is 0 Å². The largest absolute Gasteiger partial charge is 0.395 e. The lowest BCUT2D eigenvalue weighted by atomic mass is 9.60. The number of hydrogen-bond acceptors (Lipinski definition) is 3. The Morgan fingerprint density at radius 1 is 1.21 bits per heavy atom. The number of hydrogen-bond donors (Lipinski definition) is 2. The van der Waals surface area contributed by atoms with E-state index in [9.17, 15) is 5.11 Å². The zero-order chi connectivity index (χ0) is 19.6. The van der Waals surface area contributed by atoms with Gasteiger partial charge in [0.05, 0.1) is 6.61 Å². The summed E-state index contributed by atoms with van der Waals surface area (Å²) in [6.45, 7) is 7.16. The molecular formula is C25H38N2O. The van der Waals surface area contributed by atoms with Crippen LogP contribution in [0.3, 0.4) is 0 Å². The Bertz CT molecular complexity index is 650. The van der Waals surface area contributed by atoms with Crippen molar-refractivity contribution in [1.29, 1.82) is 0 Å². The fourth-order valence-electron chi connectivity index (χ4n) is 5.70. The summed E-state index contributed by atoms with van der Waals surface area (Å²) < 4.78 is 0. The molecule has 4 rings (SSSR count). The van der Waals surface area contributed by atoms with Crippen molar-refractivity contribution in [2.45, 2.75) is 76.9 Å². The van der Waals surface area contributed by atoms with Gasteiger partial charge in [0.1, 0.15) is 0 Å². The first-order chi connectivity index (χ1) is 13.7. The van der Waals surface area contributed by atoms with Crippen molar-refractivity contribution < 1.29 is 5.11 Å². The van der Waals surface area contributed by atoms with E-state index in [0.29, 0.717) is 24.1 Å². The third-order valence-electron chi connectivity index (χ3n) is 7.69. The maximum atomic E-state index is 9.55. The second-order valence-electron chi connectivity index (χ2n) is 9.48. The van der Waals surface area contributed by atoms with Crippen molar-refractivity contribution in [3.63, 3.8) is 0 Å². The van der Waals surface area contributed by atoms with Gasteiger partial charge in [0.15, 0.2) is 0 Å². The lowest BCUT2D eigenvalue weighted by molar-refractivity contribution is -0.0165. The van der Waals surface area contributed by atoms with Gasteiger partial charge in [0.25, 0.3) is 0 Å². The Morgan fingerprint density at radius 3 is 2.54 bits per heavy atom. The van der Waals surface area contributed by atoms with Crippen molar-refractivity contribution in [2.24, 2.45) is 11.3 Å². The molecule has 1 aromatic rings. The highest BCUT2D eigenvalue weighted by Crippen LogP contribution is 2.51. The minimum absolute atomic E-state index is 0.313. The smallest absolute Gasteiger partial charge is 0.0586 e. The topological polar surface area (TPSA) is 35.5 Å². The van der Waals surface area contributed by atoms with E-state index in [1.165, 1.54) is 50.8 Å². The molecule has 154 valence electrons. The lowest BCUT2D eigenvalue weighted by Gasteiger charge is -2.53. The fraction of sp³-hybridized carbons (Fsp3) is 0.680. The molecule has 0 aromatic heterocycles. The van der Waals surface area contributed by atoms with Crippen molar-refractivity contribution >= 4 is 6.08 Å². The summed E-state index contributed by atoms with van der Waals surface area (Å²) in [6, 6.07) is 12.6. The molecule has 3 heteroatoms. The van der Waals surface area contributed by atoms with Crippen LogP contribution in [0.25, 0.3) is 6.08 Å². The molecule has 28 heavy (non-hydrogen) atoms. The fourth-order valence-corrected chi connectivity index (χ4v) is 5.70. The Morgan fingerprint density at radius 2 is 1.93 bits per heavy atom. The SMILES string of the molecule is CC/C(=C\c1ccccc1)[C@@H]1C[C@H]1NC1CC2(CCN(C(CC)CO)CC2)C1. The number of piperidine rings is 1. The Hall–Kier alpha value is -1.16. The molecule has 2 N–H and O–H groups in total. The molecular weight excluding hydrogens is 344 g/mol. The van der Waals surface area contributed by atoms with Gasteiger partial charge in [-0.05, 0) is 74.9 Å². The van der Waals surface area contributed by atoms with Gasteiger partial charge < -0.3 is 10.4 Å². The number of nitrogens with one attached hydrogen (secondary N) is 1. The van der Waals surface area contributed by atoms with E-state index in [4.69, 9.17) is 0 Å². The first-order valence-electron chi connectivity index (χ1n) is 11.5. The van der Waals surface area contributed by atoms with Crippen molar-refractivity contribution in [2.75, 3.05) is 19.7 Å². The number of nitrogens with zero attached hydrogens (tertiary/aromatic N) is 1. The third kappa shape index (κ3) is 4.37. The summed E-state index contributed by atoms with van der Waals surface area (Å²) in [5.41, 5.74) is 3.55. The van der Waals surface area contributed by atoms with Gasteiger partial charge in [-0.15, -0.1) is 0 Å². The van der Waals surface area contributed by atoms with Crippen molar-refractivity contribution in [3.05, 3.63) is 41.5 Å². The molecule has 1 heterocycles. The highest BCUT2D eigenvalue weighted by molar-refractivity contribution is 5.54. The van der Waals surface area contributed by atoms with Gasteiger partial charge in [0.2, 0.25) is 0 Å². The van der Waals surface area contributed by atoms with Crippen LogP contribution in [0.5, 0.6) is 0 Å². The zero-order valence-corrected chi connectivity index (χ0v) is 17.7. The van der Waals surface area contributed by atoms with Gasteiger partial charge in [-0.1, -0.05) is 55.8 Å². The molecule has 0 bridgehead atoms. The molecule has 3 aliphatic rings. The van der Waals surface area contributed by atoms with Crippen LogP contribution in [0.2, 0.25) is 0 Å². The highest BCUT2D eigenvalue weighted by atomic mass is 16.3. The summed E-state index contributed by atoms with van der Waals surface area (Å²) in [4.78, 5) is 2.52. The van der Waals surface area contributed by atoms with E-state index in [0.717, 1.165) is 24.8 Å². The summed E-state index contributed by atoms with van der Waals surface area (Å²) >= 11 is 0. The van der Waals surface area contributed by atoms with Crippen LogP contribution in [0.15, 0.2) is 35.9 Å². The van der Waals surface area contributed by atoms with Crippen LogP contribution in [0.4, 0.5) is 0 Å². The van der Waals surface area contributed by atoms with Gasteiger partial charge in [-0.3, -0.25) is 4.90 Å². The number of likely N-dealkylation sites (tertiary alicyclic amines) is 1. The van der Waals surface area contributed by atoms with E-state index in [2.05, 4.69) is 60.5 Å². The Balaban J connectivity index is 1.23. The number of rotatable bonds is 8. The molecule has 1 aromatic carbocycles. The third-order valence-corrected chi connectivity index (χ3v) is 7.69. The molecule has 1 unspecified atom stereocenters. The normalized spacial score (nSPS) is 28.9. The van der Waals surface area contributed by atoms with E-state index in [1.807, 2.05) is 0 Å². The molecule has 2 aliphatic carbocycles. The maximum absolute atomic E-state index is 9.55. The zero-order valence-electron chi connectivity index (χ0n) is 17.7. The van der Waals surface area contributed by atoms with Gasteiger partial charge in [-0.2, -0.15) is 0 Å². The minimum atomic E-state index is 0.313. The van der Waals surface area contributed by atoms with Crippen molar-refractivity contribution in [3.8, 4) is 0 Å². The summed E-state index contributed by atoms with van der Waals surface area (Å²) in [7, 11) is 0. The van der Waals surface area contributed by atoms with Crippen LogP contribution in [-0.2, 0) is 0 Å². The molecule has 2 saturated carbocycles. The Labute approximate surface area is 171 Å². The molecule has 1 saturated heterocycles. The second kappa shape index (κ2) is 8.69. The van der Waals surface area contributed by atoms with Crippen LogP contribution in [0, 0.1) is 11.3 Å². The standard InChI is InChI=1S/C25H38N2O/c1-3-20(14-19-8-6-5-7-9-19)23-15-24(23)26-21-16-25(17-21)10-12-27(13-11-25)22(4-2)18-28/h5-9,14,21-24,26,28H,3-4,10-13,15-18H2,1-2H3/b20-14+/t22?,23-,24+/m0/s1. The van der Waals surface area contributed by atoms with E-state index >= 15 is 0 Å². The number of benzene rings is 1. The monoisotopic (exact) mass is 382 g/mol. The molecule has 1 spiro atoms. The summed E-state index contributed by atoms with van der Waals surface area (Å²) in [5.74, 6) is 0.749. The molecule has 3 atom stereocenters. The van der Waals surface area contributed by atoms with E-state index in [1.54, 1.807) is 5.57 Å². The predicted molar refractivity (Wildman–Crippen MR) is 117 cm³/mol. The number of aliphatic hydroxyl groups is 1. The van der Waals surface area contributed by atoms with Crippen LogP contribution in [0.1, 0.15) is 64.4 Å². The molecule has 3 fully saturated rings. The van der Waals surface area contributed by atoms with Gasteiger partial charge in [0, 0.05) is 18.1 Å². The molecule has 0 amide bonds. The molecule has 3 nitrogen and oxygen atoms in total. The lowest BCUT2D eigenvalue weighted by Crippen LogP contribution is -2.55. The summed E-state index contributed by atoms with van der Waals surface area (Å²) in [5, 5.41) is 13.5. The second-order valence-corrected chi connectivity index (χ2v) is 9.48. The van der Waals surface area contributed by atoms with E-state index in [-0.39, 0.29) is 0 Å². The van der Waals surface area contributed by atoms with Crippen molar-refractivity contribution in [1.82, 2.24) is 10.2 Å². The minimum Gasteiger partial charge on any atom is -0.395 e. The highest BCUT2D eigenvalue weighted by Gasteiger charge is 2.49. The first-order valence-corrected chi connectivity index (χ1v) is 11.5. The predicted octanol–water partition coefficient (Wildman–Crippen LogP) is 4.47. The van der Waals surface area contributed by atoms with Crippen LogP contribution < -0.4 is 5.32 Å². The Kier molecular flexibility index (Phi) is 6.24. The van der Waals surface area contributed by atoms with Crippen LogP contribution in [-0.4, -0.2) is 47.8 Å². The molecule has 0 radical (unpaired) electrons.